The smallest absolute Gasteiger partial charge is 0.253 e. The molecule has 1 aromatic heterocycles. The second kappa shape index (κ2) is 6.86. The Morgan fingerprint density at radius 2 is 1.92 bits per heavy atom. The second-order valence-corrected chi connectivity index (χ2v) is 5.91. The van der Waals surface area contributed by atoms with E-state index in [0.29, 0.717) is 23.9 Å². The molecule has 0 radical (unpaired) electrons. The van der Waals surface area contributed by atoms with Crippen LogP contribution in [0, 0.1) is 0 Å². The number of aromatic nitrogens is 3. The van der Waals surface area contributed by atoms with Crippen LogP contribution >= 0.6 is 0 Å². The molecule has 3 aromatic rings. The van der Waals surface area contributed by atoms with Crippen molar-refractivity contribution in [2.45, 2.75) is 18.9 Å². The summed E-state index contributed by atoms with van der Waals surface area (Å²) in [6, 6.07) is 17.3. The van der Waals surface area contributed by atoms with Gasteiger partial charge >= 0.3 is 0 Å². The molecule has 1 saturated heterocycles. The van der Waals surface area contributed by atoms with E-state index in [1.165, 1.54) is 0 Å². The molecule has 4 rings (SSSR count). The number of para-hydroxylation sites is 1. The molecule has 6 nitrogen and oxygen atoms in total. The van der Waals surface area contributed by atoms with E-state index in [0.717, 1.165) is 24.0 Å². The molecule has 2 aromatic carbocycles. The molecule has 25 heavy (non-hydrogen) atoms. The Hall–Kier alpha value is -2.99. The van der Waals surface area contributed by atoms with Gasteiger partial charge in [-0.2, -0.15) is 5.10 Å². The molecule has 0 bridgehead atoms. The number of ether oxygens (including phenoxy) is 1. The van der Waals surface area contributed by atoms with Crippen LogP contribution in [-0.2, 0) is 9.53 Å². The maximum atomic E-state index is 12.3. The number of H-pyrrole nitrogens is 1. The maximum Gasteiger partial charge on any atom is 0.253 e. The molecule has 2 heterocycles. The Labute approximate surface area is 145 Å². The number of nitrogens with zero attached hydrogens (tertiary/aromatic N) is 2. The number of hydrogen-bond acceptors (Lipinski definition) is 4. The average molecular weight is 334 g/mol. The van der Waals surface area contributed by atoms with Gasteiger partial charge in [-0.1, -0.05) is 42.5 Å². The summed E-state index contributed by atoms with van der Waals surface area (Å²) in [5, 5.41) is 10.2. The molecule has 1 atom stereocenters. The number of amides is 1. The van der Waals surface area contributed by atoms with Crippen molar-refractivity contribution >= 4 is 11.6 Å². The SMILES string of the molecule is O=C(Nc1ccccc1-c1nc(-c2ccccc2)n[nH]1)[C@H]1CCCO1. The molecule has 126 valence electrons. The summed E-state index contributed by atoms with van der Waals surface area (Å²) in [6.07, 6.45) is 1.30. The van der Waals surface area contributed by atoms with Crippen molar-refractivity contribution in [1.29, 1.82) is 0 Å². The topological polar surface area (TPSA) is 79.9 Å². The lowest BCUT2D eigenvalue weighted by molar-refractivity contribution is -0.124. The standard InChI is InChI=1S/C19H18N4O2/c24-19(16-11-6-12-25-16)20-15-10-5-4-9-14(15)18-21-17(22-23-18)13-7-2-1-3-8-13/h1-5,7-10,16H,6,11-12H2,(H,20,24)(H,21,22,23)/t16-/m1/s1. The summed E-state index contributed by atoms with van der Waals surface area (Å²) in [4.78, 5) is 16.9. The lowest BCUT2D eigenvalue weighted by Crippen LogP contribution is -2.27. The quantitative estimate of drug-likeness (QED) is 0.767. The van der Waals surface area contributed by atoms with E-state index in [4.69, 9.17) is 4.74 Å². The van der Waals surface area contributed by atoms with Gasteiger partial charge in [-0.05, 0) is 25.0 Å². The lowest BCUT2D eigenvalue weighted by atomic mass is 10.1. The lowest BCUT2D eigenvalue weighted by Gasteiger charge is -2.12. The van der Waals surface area contributed by atoms with Crippen LogP contribution in [0.15, 0.2) is 54.6 Å². The summed E-state index contributed by atoms with van der Waals surface area (Å²) in [7, 11) is 0. The molecular formula is C19H18N4O2. The van der Waals surface area contributed by atoms with Gasteiger partial charge in [-0.25, -0.2) is 4.98 Å². The Morgan fingerprint density at radius 1 is 1.12 bits per heavy atom. The van der Waals surface area contributed by atoms with Gasteiger partial charge in [0, 0.05) is 17.7 Å². The third-order valence-electron chi connectivity index (χ3n) is 4.18. The minimum absolute atomic E-state index is 0.118. The number of rotatable bonds is 4. The minimum Gasteiger partial charge on any atom is -0.368 e. The molecule has 0 saturated carbocycles. The third-order valence-corrected chi connectivity index (χ3v) is 4.18. The van der Waals surface area contributed by atoms with E-state index in [1.807, 2.05) is 54.6 Å². The van der Waals surface area contributed by atoms with Crippen LogP contribution in [0.4, 0.5) is 5.69 Å². The number of aromatic amines is 1. The first-order valence-electron chi connectivity index (χ1n) is 8.31. The zero-order valence-electron chi connectivity index (χ0n) is 13.6. The van der Waals surface area contributed by atoms with E-state index in [-0.39, 0.29) is 12.0 Å². The van der Waals surface area contributed by atoms with E-state index in [2.05, 4.69) is 20.5 Å². The summed E-state index contributed by atoms with van der Waals surface area (Å²) >= 11 is 0. The molecule has 0 aliphatic carbocycles. The molecule has 0 spiro atoms. The minimum atomic E-state index is -0.373. The zero-order valence-corrected chi connectivity index (χ0v) is 13.6. The van der Waals surface area contributed by atoms with E-state index in [9.17, 15) is 4.79 Å². The molecule has 1 amide bonds. The Balaban J connectivity index is 1.61. The number of carbonyl (C=O) groups excluding carboxylic acids is 1. The fraction of sp³-hybridized carbons (Fsp3) is 0.211. The van der Waals surface area contributed by atoms with Gasteiger partial charge in [-0.15, -0.1) is 0 Å². The Kier molecular flexibility index (Phi) is 4.26. The van der Waals surface area contributed by atoms with Crippen molar-refractivity contribution in [2.75, 3.05) is 11.9 Å². The van der Waals surface area contributed by atoms with E-state index >= 15 is 0 Å². The first-order chi connectivity index (χ1) is 12.3. The van der Waals surface area contributed by atoms with Gasteiger partial charge in [0.15, 0.2) is 11.6 Å². The molecule has 2 N–H and O–H groups in total. The van der Waals surface area contributed by atoms with Crippen LogP contribution in [0.3, 0.4) is 0 Å². The van der Waals surface area contributed by atoms with Gasteiger partial charge < -0.3 is 10.1 Å². The van der Waals surface area contributed by atoms with Gasteiger partial charge in [0.2, 0.25) is 0 Å². The monoisotopic (exact) mass is 334 g/mol. The van der Waals surface area contributed by atoms with Crippen LogP contribution in [-0.4, -0.2) is 33.8 Å². The highest BCUT2D eigenvalue weighted by Crippen LogP contribution is 2.27. The fourth-order valence-corrected chi connectivity index (χ4v) is 2.89. The van der Waals surface area contributed by atoms with E-state index in [1.54, 1.807) is 0 Å². The van der Waals surface area contributed by atoms with Gasteiger partial charge in [-0.3, -0.25) is 9.89 Å². The predicted molar refractivity (Wildman–Crippen MR) is 94.9 cm³/mol. The van der Waals surface area contributed by atoms with Crippen molar-refractivity contribution in [2.24, 2.45) is 0 Å². The number of benzene rings is 2. The Bertz CT molecular complexity index is 870. The molecule has 6 heteroatoms. The molecule has 1 aliphatic heterocycles. The molecular weight excluding hydrogens is 316 g/mol. The average Bonchev–Trinajstić information content (AvgIpc) is 3.35. The van der Waals surface area contributed by atoms with Crippen LogP contribution < -0.4 is 5.32 Å². The number of anilines is 1. The summed E-state index contributed by atoms with van der Waals surface area (Å²) in [5.74, 6) is 1.12. The number of nitrogens with one attached hydrogen (secondary N) is 2. The zero-order chi connectivity index (χ0) is 17.1. The van der Waals surface area contributed by atoms with Crippen LogP contribution in [0.5, 0.6) is 0 Å². The van der Waals surface area contributed by atoms with Crippen LogP contribution in [0.25, 0.3) is 22.8 Å². The predicted octanol–water partition coefficient (Wildman–Crippen LogP) is 3.26. The van der Waals surface area contributed by atoms with Crippen molar-refractivity contribution in [3.63, 3.8) is 0 Å². The highest BCUT2D eigenvalue weighted by atomic mass is 16.5. The van der Waals surface area contributed by atoms with Crippen molar-refractivity contribution < 1.29 is 9.53 Å². The van der Waals surface area contributed by atoms with Crippen molar-refractivity contribution in [1.82, 2.24) is 15.2 Å². The fourth-order valence-electron chi connectivity index (χ4n) is 2.89. The third kappa shape index (κ3) is 3.29. The first-order valence-corrected chi connectivity index (χ1v) is 8.31. The molecule has 1 fully saturated rings. The van der Waals surface area contributed by atoms with E-state index < -0.39 is 0 Å². The van der Waals surface area contributed by atoms with Gasteiger partial charge in [0.05, 0.1) is 5.69 Å². The van der Waals surface area contributed by atoms with Crippen molar-refractivity contribution in [3.8, 4) is 22.8 Å². The maximum absolute atomic E-state index is 12.3. The highest BCUT2D eigenvalue weighted by Gasteiger charge is 2.24. The summed E-state index contributed by atoms with van der Waals surface area (Å²) < 4.78 is 5.45. The Morgan fingerprint density at radius 3 is 2.72 bits per heavy atom. The first kappa shape index (κ1) is 15.5. The number of carbonyl (C=O) groups is 1. The summed E-state index contributed by atoms with van der Waals surface area (Å²) in [6.45, 7) is 0.641. The molecule has 1 aliphatic rings. The largest absolute Gasteiger partial charge is 0.368 e. The van der Waals surface area contributed by atoms with Gasteiger partial charge in [0.25, 0.3) is 5.91 Å². The van der Waals surface area contributed by atoms with Crippen LogP contribution in [0.2, 0.25) is 0 Å². The second-order valence-electron chi connectivity index (χ2n) is 5.91. The highest BCUT2D eigenvalue weighted by molar-refractivity contribution is 5.97. The normalized spacial score (nSPS) is 16.7. The molecule has 0 unspecified atom stereocenters. The summed E-state index contributed by atoms with van der Waals surface area (Å²) in [5.41, 5.74) is 2.42. The van der Waals surface area contributed by atoms with Gasteiger partial charge in [0.1, 0.15) is 6.10 Å². The van der Waals surface area contributed by atoms with Crippen LogP contribution in [0.1, 0.15) is 12.8 Å². The van der Waals surface area contributed by atoms with Crippen molar-refractivity contribution in [3.05, 3.63) is 54.6 Å². The number of hydrogen-bond donors (Lipinski definition) is 2.